The number of nitrogens with zero attached hydrogens (tertiary/aromatic N) is 1. The lowest BCUT2D eigenvalue weighted by Crippen LogP contribution is -2.68. The lowest BCUT2D eigenvalue weighted by molar-refractivity contribution is -2.00. The summed E-state index contributed by atoms with van der Waals surface area (Å²) in [6.07, 6.45) is 3.51. The van der Waals surface area contributed by atoms with Crippen molar-refractivity contribution in [1.29, 1.82) is 0 Å². The number of quaternary nitrogens is 1. The second-order valence-electron chi connectivity index (χ2n) is 2.69. The zero-order valence-electron chi connectivity index (χ0n) is 7.96. The standard InChI is InChI=1S/C6H9N3O2.ClHO4/c7-5(6(10)11)1-4-2-8-3-9-4;2-1(3,4)5/h2-3,5H,1,7H2,(H,8,9)(H,10,11);(H,2,3,4,5)/t5-;/m0./s1. The topological polar surface area (TPSA) is 186 Å². The van der Waals surface area contributed by atoms with Crippen molar-refractivity contribution in [3.05, 3.63) is 18.2 Å². The third-order valence-electron chi connectivity index (χ3n) is 1.37. The molecule has 10 heteroatoms. The molecule has 0 aromatic carbocycles. The molecule has 0 aliphatic rings. The van der Waals surface area contributed by atoms with Gasteiger partial charge in [-0.15, -0.1) is 10.2 Å². The lowest BCUT2D eigenvalue weighted by Gasteiger charge is -2.17. The van der Waals surface area contributed by atoms with Gasteiger partial charge in [0.25, 0.3) is 0 Å². The molecule has 1 aromatic heterocycles. The summed E-state index contributed by atoms with van der Waals surface area (Å²) in [4.78, 5) is 16.9. The molecule has 0 unspecified atom stereocenters. The normalized spacial score (nSPS) is 12.6. The highest BCUT2D eigenvalue weighted by Gasteiger charge is 2.16. The van der Waals surface area contributed by atoms with Gasteiger partial charge in [0, 0.05) is 11.9 Å². The number of rotatable bonds is 3. The van der Waals surface area contributed by atoms with Crippen LogP contribution in [0.25, 0.3) is 0 Å². The van der Waals surface area contributed by atoms with E-state index in [2.05, 4.69) is 15.7 Å². The molecule has 1 aromatic rings. The Morgan fingerprint density at radius 1 is 1.56 bits per heavy atom. The first kappa shape index (κ1) is 14.8. The maximum atomic E-state index is 10.3. The van der Waals surface area contributed by atoms with Crippen molar-refractivity contribution in [1.82, 2.24) is 9.97 Å². The van der Waals surface area contributed by atoms with Gasteiger partial charge in [0.05, 0.1) is 12.7 Å². The Morgan fingerprint density at radius 2 is 2.06 bits per heavy atom. The van der Waals surface area contributed by atoms with Crippen molar-refractivity contribution in [2.24, 2.45) is 0 Å². The Bertz CT molecular complexity index is 305. The van der Waals surface area contributed by atoms with Crippen LogP contribution in [-0.4, -0.2) is 27.1 Å². The fourth-order valence-electron chi connectivity index (χ4n) is 0.749. The number of nitrogens with one attached hydrogen (secondary N) is 1. The molecular formula is C6H10ClN3O6. The van der Waals surface area contributed by atoms with E-state index in [-0.39, 0.29) is 0 Å². The predicted molar refractivity (Wildman–Crippen MR) is 36.6 cm³/mol. The number of carboxylic acids is 1. The summed E-state index contributed by atoms with van der Waals surface area (Å²) in [5, 5.41) is 8.48. The molecule has 0 aliphatic heterocycles. The van der Waals surface area contributed by atoms with E-state index >= 15 is 0 Å². The number of carbonyl (C=O) groups is 1. The molecular weight excluding hydrogens is 246 g/mol. The van der Waals surface area contributed by atoms with Crippen LogP contribution in [0, 0.1) is 10.2 Å². The quantitative estimate of drug-likeness (QED) is 0.479. The molecule has 0 fully saturated rings. The van der Waals surface area contributed by atoms with Gasteiger partial charge in [0.2, 0.25) is 0 Å². The number of imidazole rings is 1. The Balaban J connectivity index is 0.000000385. The first-order valence-corrected chi connectivity index (χ1v) is 5.08. The molecule has 0 amide bonds. The highest BCUT2D eigenvalue weighted by Crippen LogP contribution is 1.94. The first-order valence-electron chi connectivity index (χ1n) is 3.85. The minimum Gasteiger partial charge on any atom is -0.477 e. The van der Waals surface area contributed by atoms with Crippen LogP contribution < -0.4 is 24.4 Å². The lowest BCUT2D eigenvalue weighted by atomic mass is 10.2. The summed E-state index contributed by atoms with van der Waals surface area (Å²) in [6, 6.07) is -0.601. The Morgan fingerprint density at radius 3 is 2.38 bits per heavy atom. The van der Waals surface area contributed by atoms with E-state index in [1.165, 1.54) is 6.33 Å². The van der Waals surface area contributed by atoms with E-state index in [0.29, 0.717) is 6.42 Å². The highest BCUT2D eigenvalue weighted by atomic mass is 35.7. The molecule has 16 heavy (non-hydrogen) atoms. The minimum atomic E-state index is -4.94. The van der Waals surface area contributed by atoms with Crippen LogP contribution in [0.5, 0.6) is 0 Å². The molecule has 0 aliphatic carbocycles. The average molecular weight is 256 g/mol. The molecule has 92 valence electrons. The van der Waals surface area contributed by atoms with Crippen LogP contribution in [0.1, 0.15) is 5.69 Å². The SMILES string of the molecule is [NH3+][C@@H](Cc1cnc[nH]1)C(=O)O.[O-][Cl+3]([O-])([O-])[O-]. The molecule has 1 heterocycles. The minimum absolute atomic E-state index is 0.398. The number of aromatic amines is 1. The van der Waals surface area contributed by atoms with Crippen molar-refractivity contribution in [3.8, 4) is 0 Å². The summed E-state index contributed by atoms with van der Waals surface area (Å²) < 4.78 is 34.0. The van der Waals surface area contributed by atoms with Crippen molar-refractivity contribution < 1.29 is 44.5 Å². The van der Waals surface area contributed by atoms with Crippen LogP contribution >= 0.6 is 0 Å². The van der Waals surface area contributed by atoms with E-state index in [1.54, 1.807) is 6.20 Å². The molecule has 1 rings (SSSR count). The van der Waals surface area contributed by atoms with Crippen molar-refractivity contribution in [3.63, 3.8) is 0 Å². The molecule has 0 radical (unpaired) electrons. The average Bonchev–Trinajstić information content (AvgIpc) is 2.53. The third kappa shape index (κ3) is 9.33. The van der Waals surface area contributed by atoms with Crippen molar-refractivity contribution >= 4 is 5.97 Å². The highest BCUT2D eigenvalue weighted by molar-refractivity contribution is 5.71. The van der Waals surface area contributed by atoms with Gasteiger partial charge < -0.3 is 15.8 Å². The van der Waals surface area contributed by atoms with Gasteiger partial charge in [-0.3, -0.25) is 0 Å². The van der Waals surface area contributed by atoms with Crippen LogP contribution in [0.4, 0.5) is 0 Å². The summed E-state index contributed by atoms with van der Waals surface area (Å²) in [7, 11) is -4.94. The smallest absolute Gasteiger partial charge is 0.362 e. The number of carboxylic acid groups (broad SMARTS) is 1. The second-order valence-corrected chi connectivity index (χ2v) is 3.45. The maximum Gasteiger partial charge on any atom is 0.362 e. The van der Waals surface area contributed by atoms with Gasteiger partial charge in [-0.1, -0.05) is 0 Å². The number of H-pyrrole nitrogens is 1. The second kappa shape index (κ2) is 6.37. The zero-order chi connectivity index (χ0) is 12.8. The van der Waals surface area contributed by atoms with Gasteiger partial charge in [0.15, 0.2) is 6.04 Å². The van der Waals surface area contributed by atoms with Crippen molar-refractivity contribution in [2.45, 2.75) is 12.5 Å². The number of halogens is 1. The molecule has 0 saturated carbocycles. The predicted octanol–water partition coefficient (Wildman–Crippen LogP) is -6.11. The number of aromatic nitrogens is 2. The summed E-state index contributed by atoms with van der Waals surface area (Å²) in [5.74, 6) is -0.889. The monoisotopic (exact) mass is 255 g/mol. The van der Waals surface area contributed by atoms with Crippen LogP contribution in [0.15, 0.2) is 12.5 Å². The summed E-state index contributed by atoms with van der Waals surface area (Å²) >= 11 is 0. The van der Waals surface area contributed by atoms with E-state index in [0.717, 1.165) is 5.69 Å². The molecule has 9 nitrogen and oxygen atoms in total. The molecule has 0 spiro atoms. The van der Waals surface area contributed by atoms with Gasteiger partial charge in [0.1, 0.15) is 0 Å². The van der Waals surface area contributed by atoms with Gasteiger partial charge in [-0.05, 0) is 0 Å². The largest absolute Gasteiger partial charge is 0.477 e. The number of aliphatic carboxylic acids is 1. The van der Waals surface area contributed by atoms with E-state index in [1.807, 2.05) is 0 Å². The Hall–Kier alpha value is -1.23. The van der Waals surface area contributed by atoms with E-state index < -0.39 is 22.3 Å². The van der Waals surface area contributed by atoms with E-state index in [9.17, 15) is 4.79 Å². The fraction of sp³-hybridized carbons (Fsp3) is 0.333. The van der Waals surface area contributed by atoms with Crippen LogP contribution in [0.2, 0.25) is 0 Å². The molecule has 5 N–H and O–H groups in total. The molecule has 0 bridgehead atoms. The molecule has 0 saturated heterocycles. The van der Waals surface area contributed by atoms with E-state index in [4.69, 9.17) is 23.7 Å². The van der Waals surface area contributed by atoms with Crippen LogP contribution in [-0.2, 0) is 11.2 Å². The fourth-order valence-corrected chi connectivity index (χ4v) is 0.749. The van der Waals surface area contributed by atoms with Crippen molar-refractivity contribution in [2.75, 3.05) is 0 Å². The number of hydrogen-bond donors (Lipinski definition) is 3. The Labute approximate surface area is 91.9 Å². The third-order valence-corrected chi connectivity index (χ3v) is 1.37. The van der Waals surface area contributed by atoms with Gasteiger partial charge in [-0.2, -0.15) is 0 Å². The maximum absolute atomic E-state index is 10.3. The number of hydrogen-bond acceptors (Lipinski definition) is 6. The van der Waals surface area contributed by atoms with Crippen LogP contribution in [0.3, 0.4) is 0 Å². The zero-order valence-corrected chi connectivity index (χ0v) is 8.72. The first-order chi connectivity index (χ1) is 7.20. The summed E-state index contributed by atoms with van der Waals surface area (Å²) in [5.41, 5.74) is 4.26. The Kier molecular flexibility index (Phi) is 5.88. The van der Waals surface area contributed by atoms with Gasteiger partial charge >= 0.3 is 5.97 Å². The summed E-state index contributed by atoms with van der Waals surface area (Å²) in [6.45, 7) is 0. The van der Waals surface area contributed by atoms with Gasteiger partial charge in [-0.25, -0.2) is 28.4 Å². The molecule has 1 atom stereocenters.